The summed E-state index contributed by atoms with van der Waals surface area (Å²) in [5.74, 6) is -6.89. The van der Waals surface area contributed by atoms with E-state index in [4.69, 9.17) is 23.5 Å². The molecule has 4 aromatic rings. The van der Waals surface area contributed by atoms with Crippen molar-refractivity contribution in [2.45, 2.75) is 62.3 Å². The van der Waals surface area contributed by atoms with E-state index >= 15 is 0 Å². The van der Waals surface area contributed by atoms with Crippen LogP contribution in [0.5, 0.6) is 11.5 Å². The SMILES string of the molecule is Cc1cc(C)cc(C2=C3N=CC=C3C[NH+]2O[C@@H]2[C@@H](Oc3ccc4c(=O)c(-c5ccc(O)cc5)coc4c3)O[C@@H]([C@@](O)(CO)OC(=O)[C@H](NCCC=O)C(=O)O)[C@H](O)[C@]2(O)CO)c1. The van der Waals surface area contributed by atoms with Crippen molar-refractivity contribution >= 4 is 41.1 Å². The van der Waals surface area contributed by atoms with Crippen LogP contribution < -0.4 is 20.5 Å². The van der Waals surface area contributed by atoms with Gasteiger partial charge in [0, 0.05) is 36.4 Å². The second-order valence-electron chi connectivity index (χ2n) is 15.1. The Labute approximate surface area is 351 Å². The van der Waals surface area contributed by atoms with Gasteiger partial charge in [-0.3, -0.25) is 10.1 Å². The molecule has 8 atom stereocenters. The number of carboxylic acids is 1. The minimum atomic E-state index is -3.32. The first-order chi connectivity index (χ1) is 29.6. The predicted octanol–water partition coefficient (Wildman–Crippen LogP) is -0.595. The molecule has 3 aliphatic rings. The number of ether oxygens (including phenoxy) is 3. The number of benzene rings is 3. The van der Waals surface area contributed by atoms with E-state index in [1.807, 2.05) is 32.0 Å². The van der Waals surface area contributed by atoms with Crippen LogP contribution in [0.4, 0.5) is 0 Å². The summed E-state index contributed by atoms with van der Waals surface area (Å²) in [5.41, 5.74) is 1.74. The van der Waals surface area contributed by atoms with Crippen molar-refractivity contribution in [3.8, 4) is 22.6 Å². The molecule has 0 radical (unpaired) electrons. The van der Waals surface area contributed by atoms with E-state index in [2.05, 4.69) is 10.3 Å². The van der Waals surface area contributed by atoms with Crippen LogP contribution in [0.1, 0.15) is 23.1 Å². The fourth-order valence-corrected chi connectivity index (χ4v) is 7.66. The molecule has 3 aliphatic heterocycles. The van der Waals surface area contributed by atoms with Crippen LogP contribution in [0.15, 0.2) is 98.5 Å². The number of phenols is 1. The first-order valence-electron chi connectivity index (χ1n) is 19.3. The fraction of sp³-hybridized carbons (Fsp3) is 0.326. The van der Waals surface area contributed by atoms with Gasteiger partial charge < -0.3 is 59.2 Å². The van der Waals surface area contributed by atoms with Gasteiger partial charge in [-0.15, -0.1) is 0 Å². The molecule has 1 saturated heterocycles. The number of aldehydes is 1. The Kier molecular flexibility index (Phi) is 12.5. The lowest BCUT2D eigenvalue weighted by atomic mass is 9.81. The Morgan fingerprint density at radius 2 is 1.81 bits per heavy atom. The summed E-state index contributed by atoms with van der Waals surface area (Å²) in [6.07, 6.45) is -3.85. The zero-order valence-electron chi connectivity index (χ0n) is 33.3. The molecule has 19 heteroatoms. The molecule has 0 bridgehead atoms. The van der Waals surface area contributed by atoms with Crippen molar-refractivity contribution in [2.24, 2.45) is 4.99 Å². The number of hydroxylamine groups is 2. The van der Waals surface area contributed by atoms with Gasteiger partial charge in [0.1, 0.15) is 54.6 Å². The van der Waals surface area contributed by atoms with Gasteiger partial charge in [-0.05, 0) is 61.9 Å². The maximum atomic E-state index is 13.6. The van der Waals surface area contributed by atoms with Crippen LogP contribution in [0.3, 0.4) is 0 Å². The van der Waals surface area contributed by atoms with Gasteiger partial charge in [-0.1, -0.05) is 29.3 Å². The Balaban J connectivity index is 1.28. The lowest BCUT2D eigenvalue weighted by molar-refractivity contribution is -1.04. The summed E-state index contributed by atoms with van der Waals surface area (Å²) >= 11 is 0. The molecule has 0 aliphatic carbocycles. The lowest BCUT2D eigenvalue weighted by Crippen LogP contribution is -3.09. The van der Waals surface area contributed by atoms with Crippen LogP contribution in [0, 0.1) is 13.8 Å². The number of aryl methyl sites for hydroxylation is 2. The van der Waals surface area contributed by atoms with E-state index in [0.717, 1.165) is 16.7 Å². The van der Waals surface area contributed by atoms with E-state index in [-0.39, 0.29) is 52.6 Å². The summed E-state index contributed by atoms with van der Waals surface area (Å²) in [7, 11) is 0. The number of phenolic OH excluding ortho intramolecular Hbond substituents is 1. The molecule has 0 spiro atoms. The largest absolute Gasteiger partial charge is 0.508 e. The Bertz CT molecular complexity index is 2520. The summed E-state index contributed by atoms with van der Waals surface area (Å²) in [4.78, 5) is 60.6. The van der Waals surface area contributed by atoms with Gasteiger partial charge in [-0.2, -0.15) is 9.90 Å². The number of nitrogens with one attached hydrogen (secondary N) is 2. The van der Waals surface area contributed by atoms with Gasteiger partial charge >= 0.3 is 11.9 Å². The average Bonchev–Trinajstić information content (AvgIpc) is 3.83. The van der Waals surface area contributed by atoms with E-state index in [9.17, 15) is 54.9 Å². The van der Waals surface area contributed by atoms with Crippen LogP contribution in [-0.4, -0.2) is 129 Å². The maximum absolute atomic E-state index is 13.6. The highest BCUT2D eigenvalue weighted by Crippen LogP contribution is 2.39. The number of aliphatic hydroxyl groups is 5. The quantitative estimate of drug-likeness (QED) is 0.0224. The number of aromatic hydroxyl groups is 1. The highest BCUT2D eigenvalue weighted by atomic mass is 16.8. The van der Waals surface area contributed by atoms with Crippen molar-refractivity contribution in [1.29, 1.82) is 0 Å². The number of aliphatic carboxylic acids is 1. The number of quaternary nitrogens is 1. The molecule has 1 unspecified atom stereocenters. The van der Waals surface area contributed by atoms with E-state index in [0.29, 0.717) is 28.8 Å². The molecule has 0 amide bonds. The third-order valence-corrected chi connectivity index (χ3v) is 10.7. The van der Waals surface area contributed by atoms with Gasteiger partial charge in [-0.25, -0.2) is 14.6 Å². The highest BCUT2D eigenvalue weighted by molar-refractivity contribution is 5.98. The number of aliphatic imine (C=N–C) groups is 1. The second-order valence-corrected chi connectivity index (χ2v) is 15.1. The maximum Gasteiger partial charge on any atom is 0.337 e. The van der Waals surface area contributed by atoms with Crippen LogP contribution in [-0.2, 0) is 28.7 Å². The van der Waals surface area contributed by atoms with E-state index in [1.165, 1.54) is 48.7 Å². The first-order valence-corrected chi connectivity index (χ1v) is 19.3. The molecule has 1 aromatic heterocycles. The number of hydrogen-bond donors (Lipinski definition) is 9. The van der Waals surface area contributed by atoms with Crippen molar-refractivity contribution < 1.29 is 78.7 Å². The molecular weight excluding hydrogens is 814 g/mol. The summed E-state index contributed by atoms with van der Waals surface area (Å²) in [6.45, 7) is 0.785. The minimum absolute atomic E-state index is 0.00293. The van der Waals surface area contributed by atoms with Gasteiger partial charge in [0.05, 0.1) is 17.6 Å². The van der Waals surface area contributed by atoms with Crippen molar-refractivity contribution in [2.75, 3.05) is 26.3 Å². The van der Waals surface area contributed by atoms with E-state index < -0.39 is 72.6 Å². The average molecular weight is 859 g/mol. The van der Waals surface area contributed by atoms with Gasteiger partial charge in [0.25, 0.3) is 5.79 Å². The molecule has 7 rings (SSSR count). The predicted molar refractivity (Wildman–Crippen MR) is 215 cm³/mol. The number of carbonyl (C=O) groups is 3. The second kappa shape index (κ2) is 17.7. The molecule has 62 heavy (non-hydrogen) atoms. The molecule has 0 saturated carbocycles. The lowest BCUT2D eigenvalue weighted by Gasteiger charge is -2.50. The van der Waals surface area contributed by atoms with Crippen molar-refractivity contribution in [3.63, 3.8) is 0 Å². The number of carboxylic acid groups (broad SMARTS) is 1. The molecule has 1 fully saturated rings. The third-order valence-electron chi connectivity index (χ3n) is 10.7. The molecular formula is C43H44N3O16+. The molecule has 9 N–H and O–H groups in total. The molecule has 326 valence electrons. The van der Waals surface area contributed by atoms with Crippen LogP contribution >= 0.6 is 0 Å². The smallest absolute Gasteiger partial charge is 0.337 e. The van der Waals surface area contributed by atoms with E-state index in [1.54, 1.807) is 12.3 Å². The number of esters is 1. The minimum Gasteiger partial charge on any atom is -0.508 e. The zero-order valence-corrected chi connectivity index (χ0v) is 33.3. The molecule has 3 aromatic carbocycles. The zero-order chi connectivity index (χ0) is 44.5. The van der Waals surface area contributed by atoms with Crippen LogP contribution in [0.25, 0.3) is 27.8 Å². The van der Waals surface area contributed by atoms with Crippen molar-refractivity contribution in [3.05, 3.63) is 111 Å². The Hall–Kier alpha value is -6.13. The first kappa shape index (κ1) is 43.9. The third kappa shape index (κ3) is 8.40. The fourth-order valence-electron chi connectivity index (χ4n) is 7.66. The Morgan fingerprint density at radius 3 is 2.47 bits per heavy atom. The number of aliphatic hydroxyl groups excluding tert-OH is 3. The molecule has 4 heterocycles. The normalized spacial score (nSPS) is 24.6. The van der Waals surface area contributed by atoms with Gasteiger partial charge in [0.15, 0.2) is 22.8 Å². The summed E-state index contributed by atoms with van der Waals surface area (Å²) < 4.78 is 23.2. The van der Waals surface area contributed by atoms with Crippen LogP contribution in [0.2, 0.25) is 0 Å². The standard InChI is InChI=1S/C43H43N3O16/c1-22-14-23(2)16-26(15-22)34-32-25(10-12-45-32)18-46(34)62-38-41(59-28-8-9-29-31(17-28)58-19-30(35(29)51)24-4-6-27(50)7-5-24)60-37(36(52)42(38,56)20-48)43(57,21-49)61-40(55)33(39(53)54)44-11-3-13-47/h4-10,12-17,19,33,36-38,41,44,48-50,52,56-57H,3,11,18,20-21H2,1-2H3,(H,53,54)/p+1/t33-,36+,37-,38-,41+,42-,43-/m1/s1. The summed E-state index contributed by atoms with van der Waals surface area (Å²) in [5, 5.41) is 79.2. The number of hydrogen-bond acceptors (Lipinski definition) is 17. The van der Waals surface area contributed by atoms with Gasteiger partial charge in [0.2, 0.25) is 18.4 Å². The van der Waals surface area contributed by atoms with Crippen molar-refractivity contribution in [1.82, 2.24) is 5.32 Å². The number of nitrogens with zero attached hydrogens (tertiary/aromatic N) is 1. The Morgan fingerprint density at radius 1 is 1.08 bits per heavy atom. The number of carbonyl (C=O) groups excluding carboxylic acids is 2. The highest BCUT2D eigenvalue weighted by Gasteiger charge is 2.65. The molecule has 19 nitrogen and oxygen atoms in total. The summed E-state index contributed by atoms with van der Waals surface area (Å²) in [6, 6.07) is 13.5. The number of fused-ring (bicyclic) bond motifs is 2. The number of rotatable bonds is 16. The topological polar surface area (TPSA) is 289 Å². The monoisotopic (exact) mass is 858 g/mol. The number of allylic oxidation sites excluding steroid dienone is 1.